The van der Waals surface area contributed by atoms with Gasteiger partial charge in [0.15, 0.2) is 0 Å². The van der Waals surface area contributed by atoms with Crippen molar-refractivity contribution in [2.75, 3.05) is 7.11 Å². The molecule has 8 heteroatoms. The predicted molar refractivity (Wildman–Crippen MR) is 119 cm³/mol. The van der Waals surface area contributed by atoms with Crippen LogP contribution in [0, 0.1) is 18.8 Å². The van der Waals surface area contributed by atoms with Crippen molar-refractivity contribution in [1.82, 2.24) is 9.62 Å². The topological polar surface area (TPSA) is 92.8 Å². The fraction of sp³-hybridized carbons (Fsp3) is 0.417. The van der Waals surface area contributed by atoms with Gasteiger partial charge in [-0.3, -0.25) is 14.5 Å². The molecule has 1 saturated carbocycles. The number of ether oxygens (including phenoxy) is 1. The number of aryl methyl sites for hydroxylation is 1. The third kappa shape index (κ3) is 4.42. The van der Waals surface area contributed by atoms with E-state index < -0.39 is 10.0 Å². The van der Waals surface area contributed by atoms with Gasteiger partial charge in [-0.1, -0.05) is 48.7 Å². The zero-order valence-electron chi connectivity index (χ0n) is 18.3. The van der Waals surface area contributed by atoms with E-state index in [2.05, 4.69) is 4.72 Å². The van der Waals surface area contributed by atoms with Crippen LogP contribution in [-0.2, 0) is 32.7 Å². The number of methoxy groups -OCH3 is 1. The molecule has 2 aromatic carbocycles. The van der Waals surface area contributed by atoms with Crippen molar-refractivity contribution in [2.24, 2.45) is 11.8 Å². The van der Waals surface area contributed by atoms with Gasteiger partial charge in [0, 0.05) is 6.54 Å². The van der Waals surface area contributed by atoms with Crippen molar-refractivity contribution in [1.29, 1.82) is 0 Å². The highest BCUT2D eigenvalue weighted by molar-refractivity contribution is 7.89. The van der Waals surface area contributed by atoms with E-state index in [0.717, 1.165) is 36.8 Å². The quantitative estimate of drug-likeness (QED) is 0.646. The minimum absolute atomic E-state index is 0.0123. The first-order valence-corrected chi connectivity index (χ1v) is 12.4. The number of carbonyl (C=O) groups is 2. The maximum absolute atomic E-state index is 13.1. The van der Waals surface area contributed by atoms with E-state index in [9.17, 15) is 18.0 Å². The van der Waals surface area contributed by atoms with Gasteiger partial charge in [0.1, 0.15) is 10.6 Å². The molecule has 1 saturated heterocycles. The number of amides is 2. The van der Waals surface area contributed by atoms with Crippen LogP contribution in [0.3, 0.4) is 0 Å². The molecule has 2 fully saturated rings. The lowest BCUT2D eigenvalue weighted by Gasteiger charge is -2.19. The summed E-state index contributed by atoms with van der Waals surface area (Å²) in [5, 5.41) is 0. The van der Waals surface area contributed by atoms with E-state index in [1.165, 1.54) is 18.1 Å². The van der Waals surface area contributed by atoms with Crippen LogP contribution in [0.5, 0.6) is 5.75 Å². The molecule has 1 heterocycles. The Morgan fingerprint density at radius 3 is 2.31 bits per heavy atom. The molecule has 2 aliphatic rings. The largest absolute Gasteiger partial charge is 0.495 e. The molecule has 0 radical (unpaired) electrons. The molecule has 0 bridgehead atoms. The number of hydrogen-bond donors (Lipinski definition) is 1. The molecule has 1 aliphatic heterocycles. The molecule has 0 aromatic heterocycles. The van der Waals surface area contributed by atoms with E-state index in [1.807, 2.05) is 31.2 Å². The fourth-order valence-electron chi connectivity index (χ4n) is 4.68. The summed E-state index contributed by atoms with van der Waals surface area (Å²) in [5.74, 6) is -0.532. The highest BCUT2D eigenvalue weighted by atomic mass is 32.2. The van der Waals surface area contributed by atoms with Crippen LogP contribution in [-0.4, -0.2) is 32.2 Å². The van der Waals surface area contributed by atoms with Gasteiger partial charge >= 0.3 is 0 Å². The molecule has 1 N–H and O–H groups in total. The second-order valence-corrected chi connectivity index (χ2v) is 10.3. The monoisotopic (exact) mass is 456 g/mol. The Bertz CT molecular complexity index is 1120. The first-order chi connectivity index (χ1) is 15.3. The summed E-state index contributed by atoms with van der Waals surface area (Å²) in [5.41, 5.74) is 2.46. The molecule has 32 heavy (non-hydrogen) atoms. The first kappa shape index (κ1) is 22.5. The Hall–Kier alpha value is -2.71. The predicted octanol–water partition coefficient (Wildman–Crippen LogP) is 3.16. The standard InChI is InChI=1S/C24H28N2O5S/c1-16-6-5-7-17(12-16)14-25-32(29,30)22-13-18(10-11-21(22)31-2)15-26-23(27)19-8-3-4-9-20(19)24(26)28/h5-7,10-13,19-20,25H,3-4,8-9,14-15H2,1-2H3/t19-,20+. The Morgan fingerprint density at radius 1 is 1.00 bits per heavy atom. The molecule has 0 unspecified atom stereocenters. The van der Waals surface area contributed by atoms with E-state index in [4.69, 9.17) is 4.74 Å². The van der Waals surface area contributed by atoms with Crippen LogP contribution in [0.25, 0.3) is 0 Å². The molecule has 2 amide bonds. The van der Waals surface area contributed by atoms with Crippen LogP contribution in [0.1, 0.15) is 42.4 Å². The summed E-state index contributed by atoms with van der Waals surface area (Å²) in [7, 11) is -2.47. The van der Waals surface area contributed by atoms with Crippen molar-refractivity contribution in [3.63, 3.8) is 0 Å². The SMILES string of the molecule is COc1ccc(CN2C(=O)[C@H]3CCCC[C@H]3C2=O)cc1S(=O)(=O)NCc1cccc(C)c1. The van der Waals surface area contributed by atoms with Gasteiger partial charge in [-0.15, -0.1) is 0 Å². The first-order valence-electron chi connectivity index (χ1n) is 10.9. The van der Waals surface area contributed by atoms with Crippen molar-refractivity contribution in [3.8, 4) is 5.75 Å². The average molecular weight is 457 g/mol. The van der Waals surface area contributed by atoms with Crippen LogP contribution >= 0.6 is 0 Å². The van der Waals surface area contributed by atoms with Crippen molar-refractivity contribution in [3.05, 3.63) is 59.2 Å². The lowest BCUT2D eigenvalue weighted by Crippen LogP contribution is -2.30. The molecule has 7 nitrogen and oxygen atoms in total. The molecule has 170 valence electrons. The smallest absolute Gasteiger partial charge is 0.244 e. The Kier molecular flexibility index (Phi) is 6.35. The number of benzene rings is 2. The third-order valence-corrected chi connectivity index (χ3v) is 7.76. The van der Waals surface area contributed by atoms with Crippen molar-refractivity contribution >= 4 is 21.8 Å². The zero-order valence-corrected chi connectivity index (χ0v) is 19.2. The Balaban J connectivity index is 1.56. The minimum atomic E-state index is -3.88. The van der Waals surface area contributed by atoms with Gasteiger partial charge in [0.25, 0.3) is 0 Å². The van der Waals surface area contributed by atoms with Crippen LogP contribution in [0.4, 0.5) is 0 Å². The number of imide groups is 1. The van der Waals surface area contributed by atoms with Gasteiger partial charge in [0.2, 0.25) is 21.8 Å². The second kappa shape index (κ2) is 9.03. The number of nitrogens with one attached hydrogen (secondary N) is 1. The van der Waals surface area contributed by atoms with Crippen molar-refractivity contribution in [2.45, 2.75) is 50.6 Å². The molecular weight excluding hydrogens is 428 g/mol. The Morgan fingerprint density at radius 2 is 1.69 bits per heavy atom. The van der Waals surface area contributed by atoms with Crippen molar-refractivity contribution < 1.29 is 22.7 Å². The zero-order chi connectivity index (χ0) is 22.9. The van der Waals surface area contributed by atoms with Crippen LogP contribution in [0.2, 0.25) is 0 Å². The summed E-state index contributed by atoms with van der Waals surface area (Å²) in [4.78, 5) is 26.9. The second-order valence-electron chi connectivity index (χ2n) is 8.56. The number of nitrogens with zero attached hydrogens (tertiary/aromatic N) is 1. The highest BCUT2D eigenvalue weighted by Gasteiger charge is 2.47. The maximum atomic E-state index is 13.1. The maximum Gasteiger partial charge on any atom is 0.244 e. The summed E-state index contributed by atoms with van der Waals surface area (Å²) in [6.45, 7) is 2.15. The van der Waals surface area contributed by atoms with E-state index in [1.54, 1.807) is 12.1 Å². The molecule has 2 atom stereocenters. The Labute approximate surface area is 188 Å². The van der Waals surface area contributed by atoms with Crippen LogP contribution < -0.4 is 9.46 Å². The van der Waals surface area contributed by atoms with Gasteiger partial charge in [-0.25, -0.2) is 13.1 Å². The number of fused-ring (bicyclic) bond motifs is 1. The van der Waals surface area contributed by atoms with Gasteiger partial charge in [0.05, 0.1) is 25.5 Å². The number of sulfonamides is 1. The van der Waals surface area contributed by atoms with Gasteiger partial charge in [-0.05, 0) is 43.0 Å². The number of carbonyl (C=O) groups excluding carboxylic acids is 2. The molecule has 2 aromatic rings. The fourth-order valence-corrected chi connectivity index (χ4v) is 5.91. The molecule has 1 aliphatic carbocycles. The summed E-state index contributed by atoms with van der Waals surface area (Å²) < 4.78 is 34.0. The number of hydrogen-bond acceptors (Lipinski definition) is 5. The van der Waals surface area contributed by atoms with E-state index >= 15 is 0 Å². The van der Waals surface area contributed by atoms with Gasteiger partial charge in [-0.2, -0.15) is 0 Å². The average Bonchev–Trinajstić information content (AvgIpc) is 3.03. The minimum Gasteiger partial charge on any atom is -0.495 e. The lowest BCUT2D eigenvalue weighted by molar-refractivity contribution is -0.140. The summed E-state index contributed by atoms with van der Waals surface area (Å²) in [6, 6.07) is 12.3. The number of likely N-dealkylation sites (tertiary alicyclic amines) is 1. The normalized spacial score (nSPS) is 21.0. The van der Waals surface area contributed by atoms with Gasteiger partial charge < -0.3 is 4.74 Å². The van der Waals surface area contributed by atoms with E-state index in [-0.39, 0.29) is 47.4 Å². The number of rotatable bonds is 7. The lowest BCUT2D eigenvalue weighted by atomic mass is 9.81. The molecule has 0 spiro atoms. The summed E-state index contributed by atoms with van der Waals surface area (Å²) in [6.07, 6.45) is 3.42. The third-order valence-electron chi connectivity index (χ3n) is 6.34. The highest BCUT2D eigenvalue weighted by Crippen LogP contribution is 2.39. The van der Waals surface area contributed by atoms with Crippen LogP contribution in [0.15, 0.2) is 47.4 Å². The molecule has 4 rings (SSSR count). The summed E-state index contributed by atoms with van der Waals surface area (Å²) >= 11 is 0. The molecular formula is C24H28N2O5S. The van der Waals surface area contributed by atoms with E-state index in [0.29, 0.717) is 5.56 Å².